The highest BCUT2D eigenvalue weighted by atomic mass is 16.5. The number of ether oxygens (including phenoxy) is 1. The molecular formula is C30H41N5O. The average molecular weight is 488 g/mol. The first-order valence-electron chi connectivity index (χ1n) is 13.4. The van der Waals surface area contributed by atoms with Gasteiger partial charge in [0.05, 0.1) is 24.4 Å². The number of aromatic amines is 1. The van der Waals surface area contributed by atoms with E-state index in [1.165, 1.54) is 59.0 Å². The summed E-state index contributed by atoms with van der Waals surface area (Å²) in [5.41, 5.74) is 9.77. The zero-order valence-corrected chi connectivity index (χ0v) is 22.7. The Morgan fingerprint density at radius 3 is 2.44 bits per heavy atom. The normalized spacial score (nSPS) is 22.2. The van der Waals surface area contributed by atoms with E-state index >= 15 is 0 Å². The molecule has 5 rings (SSSR count). The van der Waals surface area contributed by atoms with Crippen molar-refractivity contribution in [3.8, 4) is 11.3 Å². The van der Waals surface area contributed by atoms with Crippen LogP contribution in [-0.4, -0.2) is 48.2 Å². The Bertz CT molecular complexity index is 1350. The summed E-state index contributed by atoms with van der Waals surface area (Å²) in [6, 6.07) is 7.70. The lowest BCUT2D eigenvalue weighted by Crippen LogP contribution is -2.61. The SMILES string of the molecule is C=Nn1cc(-c2[nH]c3ccc(C4CCC(NC5(C)COC5)CC4)cc3c2C(C)C)c(C)c(C)/c1=N/C. The van der Waals surface area contributed by atoms with E-state index in [0.717, 1.165) is 29.8 Å². The van der Waals surface area contributed by atoms with E-state index in [9.17, 15) is 0 Å². The van der Waals surface area contributed by atoms with Crippen molar-refractivity contribution in [1.82, 2.24) is 15.0 Å². The molecule has 0 atom stereocenters. The first-order valence-corrected chi connectivity index (χ1v) is 13.4. The van der Waals surface area contributed by atoms with Crippen molar-refractivity contribution < 1.29 is 4.74 Å². The lowest BCUT2D eigenvalue weighted by molar-refractivity contribution is -0.0712. The van der Waals surface area contributed by atoms with Gasteiger partial charge < -0.3 is 15.0 Å². The zero-order valence-electron chi connectivity index (χ0n) is 22.7. The Morgan fingerprint density at radius 1 is 1.14 bits per heavy atom. The van der Waals surface area contributed by atoms with Crippen LogP contribution in [0.2, 0.25) is 0 Å². The monoisotopic (exact) mass is 487 g/mol. The summed E-state index contributed by atoms with van der Waals surface area (Å²) in [7, 11) is 1.80. The van der Waals surface area contributed by atoms with Crippen molar-refractivity contribution in [2.24, 2.45) is 10.1 Å². The molecule has 3 heterocycles. The number of pyridine rings is 1. The number of hydrogen-bond donors (Lipinski definition) is 2. The molecule has 0 spiro atoms. The van der Waals surface area contributed by atoms with Crippen molar-refractivity contribution in [2.45, 2.75) is 83.7 Å². The molecule has 1 aliphatic heterocycles. The third-order valence-corrected chi connectivity index (χ3v) is 8.44. The lowest BCUT2D eigenvalue weighted by Gasteiger charge is -2.43. The fourth-order valence-electron chi connectivity index (χ4n) is 6.30. The van der Waals surface area contributed by atoms with Crippen LogP contribution in [0, 0.1) is 13.8 Å². The highest BCUT2D eigenvalue weighted by Crippen LogP contribution is 2.40. The molecule has 6 heteroatoms. The largest absolute Gasteiger partial charge is 0.377 e. The Kier molecular flexibility index (Phi) is 6.69. The fourth-order valence-corrected chi connectivity index (χ4v) is 6.30. The van der Waals surface area contributed by atoms with Gasteiger partial charge in [-0.1, -0.05) is 19.9 Å². The van der Waals surface area contributed by atoms with Crippen LogP contribution in [0.5, 0.6) is 0 Å². The summed E-state index contributed by atoms with van der Waals surface area (Å²) in [5.74, 6) is 1.01. The molecule has 2 aromatic heterocycles. The number of nitrogens with zero attached hydrogens (tertiary/aromatic N) is 3. The van der Waals surface area contributed by atoms with Crippen molar-refractivity contribution in [3.05, 3.63) is 52.1 Å². The maximum absolute atomic E-state index is 5.43. The Balaban J connectivity index is 1.49. The second-order valence-corrected chi connectivity index (χ2v) is 11.4. The van der Waals surface area contributed by atoms with Gasteiger partial charge in [0.2, 0.25) is 0 Å². The average Bonchev–Trinajstić information content (AvgIpc) is 3.23. The molecule has 192 valence electrons. The van der Waals surface area contributed by atoms with E-state index in [2.05, 4.69) is 86.1 Å². The highest BCUT2D eigenvalue weighted by molar-refractivity contribution is 5.92. The van der Waals surface area contributed by atoms with Crippen molar-refractivity contribution in [1.29, 1.82) is 0 Å². The molecule has 1 saturated carbocycles. The predicted octanol–water partition coefficient (Wildman–Crippen LogP) is 5.78. The molecule has 0 unspecified atom stereocenters. The third kappa shape index (κ3) is 4.35. The van der Waals surface area contributed by atoms with Crippen LogP contribution in [0.3, 0.4) is 0 Å². The van der Waals surface area contributed by atoms with Crippen LogP contribution in [-0.2, 0) is 4.74 Å². The number of fused-ring (bicyclic) bond motifs is 1. The molecule has 2 N–H and O–H groups in total. The number of benzene rings is 1. The zero-order chi connectivity index (χ0) is 25.6. The van der Waals surface area contributed by atoms with Gasteiger partial charge in [-0.2, -0.15) is 5.10 Å². The third-order valence-electron chi connectivity index (χ3n) is 8.44. The van der Waals surface area contributed by atoms with E-state index < -0.39 is 0 Å². The Morgan fingerprint density at radius 2 is 1.86 bits per heavy atom. The van der Waals surface area contributed by atoms with Crippen LogP contribution in [0.4, 0.5) is 0 Å². The maximum atomic E-state index is 5.43. The van der Waals surface area contributed by atoms with Crippen molar-refractivity contribution in [3.63, 3.8) is 0 Å². The van der Waals surface area contributed by atoms with Crippen LogP contribution in [0.15, 0.2) is 34.5 Å². The summed E-state index contributed by atoms with van der Waals surface area (Å²) in [4.78, 5) is 8.21. The molecule has 1 saturated heterocycles. The first-order chi connectivity index (χ1) is 17.2. The number of aromatic nitrogens is 2. The minimum atomic E-state index is 0.184. The minimum absolute atomic E-state index is 0.184. The minimum Gasteiger partial charge on any atom is -0.377 e. The van der Waals surface area contributed by atoms with Crippen LogP contribution in [0.25, 0.3) is 22.2 Å². The smallest absolute Gasteiger partial charge is 0.151 e. The summed E-state index contributed by atoms with van der Waals surface area (Å²) >= 11 is 0. The molecule has 0 bridgehead atoms. The standard InChI is InChI=1S/C30H41N5O/c1-18(2)27-24-14-22(21-8-11-23(12-9-21)34-30(5)16-36-17-30)10-13-26(24)33-28(27)25-15-35(32-7)29(31-6)20(4)19(25)3/h10,13-15,18,21,23,33-34H,7-9,11-12,16-17H2,1-6H3/b31-29-. The van der Waals surface area contributed by atoms with Crippen LogP contribution < -0.4 is 10.8 Å². The molecule has 1 aliphatic carbocycles. The van der Waals surface area contributed by atoms with Crippen LogP contribution >= 0.6 is 0 Å². The summed E-state index contributed by atoms with van der Waals surface area (Å²) in [6.07, 6.45) is 7.00. The van der Waals surface area contributed by atoms with Gasteiger partial charge in [-0.15, -0.1) is 0 Å². The molecule has 1 aromatic carbocycles. The van der Waals surface area contributed by atoms with Gasteiger partial charge in [-0.3, -0.25) is 4.99 Å². The molecule has 0 amide bonds. The van der Waals surface area contributed by atoms with E-state index in [0.29, 0.717) is 17.9 Å². The summed E-state index contributed by atoms with van der Waals surface area (Å²) < 4.78 is 7.23. The summed E-state index contributed by atoms with van der Waals surface area (Å²) in [5, 5.41) is 9.42. The van der Waals surface area contributed by atoms with Gasteiger partial charge in [-0.05, 0) is 92.7 Å². The van der Waals surface area contributed by atoms with Gasteiger partial charge in [0.1, 0.15) is 0 Å². The Hall–Kier alpha value is -2.70. The summed E-state index contributed by atoms with van der Waals surface area (Å²) in [6.45, 7) is 16.6. The van der Waals surface area contributed by atoms with E-state index in [1.54, 1.807) is 11.7 Å². The predicted molar refractivity (Wildman–Crippen MR) is 149 cm³/mol. The Labute approximate surface area is 214 Å². The maximum Gasteiger partial charge on any atom is 0.151 e. The first kappa shape index (κ1) is 25.0. The molecule has 3 aromatic rings. The van der Waals surface area contributed by atoms with Gasteiger partial charge in [0.15, 0.2) is 5.49 Å². The number of nitrogens with one attached hydrogen (secondary N) is 2. The van der Waals surface area contributed by atoms with E-state index in [4.69, 9.17) is 4.74 Å². The van der Waals surface area contributed by atoms with E-state index in [1.807, 2.05) is 0 Å². The van der Waals surface area contributed by atoms with Crippen molar-refractivity contribution >= 4 is 17.6 Å². The highest BCUT2D eigenvalue weighted by Gasteiger charge is 2.36. The topological polar surface area (TPSA) is 66.7 Å². The number of H-pyrrole nitrogens is 1. The van der Waals surface area contributed by atoms with Gasteiger partial charge >= 0.3 is 0 Å². The molecule has 2 fully saturated rings. The lowest BCUT2D eigenvalue weighted by atomic mass is 9.80. The molecule has 6 nitrogen and oxygen atoms in total. The number of rotatable bonds is 6. The van der Waals surface area contributed by atoms with Gasteiger partial charge in [-0.25, -0.2) is 4.68 Å². The second-order valence-electron chi connectivity index (χ2n) is 11.4. The quantitative estimate of drug-likeness (QED) is 0.433. The van der Waals surface area contributed by atoms with E-state index in [-0.39, 0.29) is 5.54 Å². The molecule has 0 radical (unpaired) electrons. The van der Waals surface area contributed by atoms with Gasteiger partial charge in [0.25, 0.3) is 0 Å². The molecule has 2 aliphatic rings. The van der Waals surface area contributed by atoms with Crippen molar-refractivity contribution in [2.75, 3.05) is 20.3 Å². The molecule has 36 heavy (non-hydrogen) atoms. The second kappa shape index (κ2) is 9.64. The van der Waals surface area contributed by atoms with Gasteiger partial charge in [0, 0.05) is 42.5 Å². The number of hydrogen-bond acceptors (Lipinski definition) is 4. The van der Waals surface area contributed by atoms with Crippen LogP contribution in [0.1, 0.15) is 80.5 Å². The molecular weight excluding hydrogens is 446 g/mol. The fraction of sp³-hybridized carbons (Fsp3) is 0.533.